The normalized spacial score (nSPS) is 10.2. The third-order valence-electron chi connectivity index (χ3n) is 1.77. The summed E-state index contributed by atoms with van der Waals surface area (Å²) in [6, 6.07) is 8.45. The van der Waals surface area contributed by atoms with Gasteiger partial charge < -0.3 is 0 Å². The molecule has 0 aliphatic heterocycles. The van der Waals surface area contributed by atoms with E-state index in [2.05, 4.69) is 31.2 Å². The summed E-state index contributed by atoms with van der Waals surface area (Å²) >= 11 is 0. The Morgan fingerprint density at radius 2 is 1.92 bits per heavy atom. The lowest BCUT2D eigenvalue weighted by atomic mass is 10.1. The summed E-state index contributed by atoms with van der Waals surface area (Å²) in [5, 5.41) is 0. The van der Waals surface area contributed by atoms with Gasteiger partial charge in [0.25, 0.3) is 0 Å². The van der Waals surface area contributed by atoms with Crippen LogP contribution < -0.4 is 5.48 Å². The van der Waals surface area contributed by atoms with Crippen molar-refractivity contribution in [1.29, 1.82) is 0 Å². The Morgan fingerprint density at radius 3 is 2.42 bits per heavy atom. The van der Waals surface area contributed by atoms with Crippen LogP contribution in [0.4, 0.5) is 5.69 Å². The number of hydrogen-bond donors (Lipinski definition) is 1. The van der Waals surface area contributed by atoms with E-state index in [4.69, 9.17) is 4.84 Å². The van der Waals surface area contributed by atoms with E-state index in [1.165, 1.54) is 12.0 Å². The number of hydrogen-bond acceptors (Lipinski definition) is 1. The minimum Gasteiger partial charge on any atom is -0.204 e. The molecular weight excluding hydrogens is 150 g/mol. The molecule has 0 atom stereocenters. The van der Waals surface area contributed by atoms with Crippen LogP contribution in [0.2, 0.25) is 0 Å². The van der Waals surface area contributed by atoms with E-state index in [0.29, 0.717) is 0 Å². The Kier molecular flexibility index (Phi) is 3.77. The molecule has 0 radical (unpaired) electrons. The summed E-state index contributed by atoms with van der Waals surface area (Å²) < 4.78 is 0. The van der Waals surface area contributed by atoms with Crippen molar-refractivity contribution in [2.45, 2.75) is 19.8 Å². The second-order valence-electron chi connectivity index (χ2n) is 2.85. The Balaban J connectivity index is 2.58. The van der Waals surface area contributed by atoms with Crippen LogP contribution in [-0.4, -0.2) is 7.11 Å². The van der Waals surface area contributed by atoms with Gasteiger partial charge in [-0.05, 0) is 12.0 Å². The first kappa shape index (κ1) is 9.23. The molecule has 2 N–H and O–H groups in total. The van der Waals surface area contributed by atoms with Crippen molar-refractivity contribution in [2.24, 2.45) is 0 Å². The van der Waals surface area contributed by atoms with Gasteiger partial charge in [-0.25, -0.2) is 4.84 Å². The van der Waals surface area contributed by atoms with E-state index in [0.717, 1.165) is 12.1 Å². The van der Waals surface area contributed by atoms with Crippen LogP contribution in [0.1, 0.15) is 18.9 Å². The first-order valence-corrected chi connectivity index (χ1v) is 4.31. The van der Waals surface area contributed by atoms with Crippen molar-refractivity contribution in [3.05, 3.63) is 29.8 Å². The van der Waals surface area contributed by atoms with Gasteiger partial charge in [0.2, 0.25) is 0 Å². The Labute approximate surface area is 73.5 Å². The fourth-order valence-electron chi connectivity index (χ4n) is 1.19. The lowest BCUT2D eigenvalue weighted by Gasteiger charge is -1.99. The number of rotatable bonds is 4. The van der Waals surface area contributed by atoms with Crippen LogP contribution in [0.5, 0.6) is 0 Å². The summed E-state index contributed by atoms with van der Waals surface area (Å²) in [5.41, 5.74) is 4.26. The lowest BCUT2D eigenvalue weighted by molar-refractivity contribution is -0.830. The average molecular weight is 166 g/mol. The molecule has 0 aliphatic rings. The smallest absolute Gasteiger partial charge is 0.161 e. The predicted octanol–water partition coefficient (Wildman–Crippen LogP) is 1.40. The highest BCUT2D eigenvalue weighted by Crippen LogP contribution is 2.06. The molecule has 1 aromatic rings. The maximum Gasteiger partial charge on any atom is 0.161 e. The van der Waals surface area contributed by atoms with Crippen molar-refractivity contribution < 1.29 is 10.3 Å². The van der Waals surface area contributed by atoms with Crippen LogP contribution >= 0.6 is 0 Å². The van der Waals surface area contributed by atoms with E-state index in [9.17, 15) is 0 Å². The molecule has 2 nitrogen and oxygen atoms in total. The second kappa shape index (κ2) is 4.91. The first-order valence-electron chi connectivity index (χ1n) is 4.31. The number of nitrogens with two attached hydrogens (primary N) is 1. The van der Waals surface area contributed by atoms with Crippen molar-refractivity contribution in [3.8, 4) is 0 Å². The SMILES string of the molecule is CCCc1ccc([NH2+]OC)cc1. The van der Waals surface area contributed by atoms with Gasteiger partial charge in [0, 0.05) is 12.1 Å². The molecule has 12 heavy (non-hydrogen) atoms. The number of aryl methyl sites for hydroxylation is 1. The summed E-state index contributed by atoms with van der Waals surface area (Å²) in [5.74, 6) is 0. The van der Waals surface area contributed by atoms with Crippen molar-refractivity contribution in [2.75, 3.05) is 7.11 Å². The highest BCUT2D eigenvalue weighted by atomic mass is 16.6. The summed E-state index contributed by atoms with van der Waals surface area (Å²) in [6.07, 6.45) is 2.36. The van der Waals surface area contributed by atoms with E-state index in [-0.39, 0.29) is 0 Å². The Morgan fingerprint density at radius 1 is 1.25 bits per heavy atom. The zero-order valence-electron chi connectivity index (χ0n) is 7.71. The van der Waals surface area contributed by atoms with Gasteiger partial charge >= 0.3 is 0 Å². The first-order chi connectivity index (χ1) is 5.86. The topological polar surface area (TPSA) is 25.8 Å². The van der Waals surface area contributed by atoms with Gasteiger partial charge in [0.05, 0.1) is 7.11 Å². The average Bonchev–Trinajstić information content (AvgIpc) is 2.09. The van der Waals surface area contributed by atoms with Crippen molar-refractivity contribution in [3.63, 3.8) is 0 Å². The molecule has 0 bridgehead atoms. The van der Waals surface area contributed by atoms with E-state index in [1.54, 1.807) is 12.6 Å². The fourth-order valence-corrected chi connectivity index (χ4v) is 1.19. The molecule has 0 saturated carbocycles. The summed E-state index contributed by atoms with van der Waals surface area (Å²) in [6.45, 7) is 2.19. The van der Waals surface area contributed by atoms with Crippen LogP contribution in [0.25, 0.3) is 0 Å². The van der Waals surface area contributed by atoms with E-state index < -0.39 is 0 Å². The van der Waals surface area contributed by atoms with Gasteiger partial charge in [0.15, 0.2) is 5.69 Å². The van der Waals surface area contributed by atoms with E-state index >= 15 is 0 Å². The fraction of sp³-hybridized carbons (Fsp3) is 0.400. The number of quaternary nitrogens is 1. The highest BCUT2D eigenvalue weighted by molar-refractivity contribution is 5.31. The zero-order chi connectivity index (χ0) is 8.81. The molecule has 0 amide bonds. The van der Waals surface area contributed by atoms with Crippen LogP contribution in [0.3, 0.4) is 0 Å². The molecule has 0 aliphatic carbocycles. The molecule has 66 valence electrons. The molecule has 0 fully saturated rings. The molecule has 0 heterocycles. The van der Waals surface area contributed by atoms with Gasteiger partial charge in [0.1, 0.15) is 0 Å². The van der Waals surface area contributed by atoms with Gasteiger partial charge in [-0.3, -0.25) is 0 Å². The third-order valence-corrected chi connectivity index (χ3v) is 1.77. The van der Waals surface area contributed by atoms with Gasteiger partial charge in [-0.1, -0.05) is 25.5 Å². The standard InChI is InChI=1S/C10H15NO/c1-3-4-9-5-7-10(8-6-9)11-12-2/h5-8,11H,3-4H2,1-2H3/p+1. The van der Waals surface area contributed by atoms with Gasteiger partial charge in [-0.2, -0.15) is 5.48 Å². The quantitative estimate of drug-likeness (QED) is 0.531. The highest BCUT2D eigenvalue weighted by Gasteiger charge is 1.95. The van der Waals surface area contributed by atoms with E-state index in [1.807, 2.05) is 0 Å². The van der Waals surface area contributed by atoms with Crippen LogP contribution in [0, 0.1) is 0 Å². The summed E-state index contributed by atoms with van der Waals surface area (Å²) in [4.78, 5) is 4.90. The summed E-state index contributed by atoms with van der Waals surface area (Å²) in [7, 11) is 1.67. The Hall–Kier alpha value is -0.860. The molecule has 0 saturated heterocycles. The molecule has 0 spiro atoms. The monoisotopic (exact) mass is 166 g/mol. The number of benzene rings is 1. The van der Waals surface area contributed by atoms with Crippen molar-refractivity contribution in [1.82, 2.24) is 0 Å². The van der Waals surface area contributed by atoms with Crippen LogP contribution in [0.15, 0.2) is 24.3 Å². The second-order valence-corrected chi connectivity index (χ2v) is 2.85. The molecular formula is C10H16NO+. The maximum absolute atomic E-state index is 4.90. The van der Waals surface area contributed by atoms with Gasteiger partial charge in [-0.15, -0.1) is 0 Å². The van der Waals surface area contributed by atoms with Crippen molar-refractivity contribution >= 4 is 5.69 Å². The maximum atomic E-state index is 4.90. The molecule has 1 aromatic carbocycles. The molecule has 0 aromatic heterocycles. The molecule has 1 rings (SSSR count). The van der Waals surface area contributed by atoms with Crippen LogP contribution in [-0.2, 0) is 11.3 Å². The largest absolute Gasteiger partial charge is 0.204 e. The minimum absolute atomic E-state index is 1.12. The minimum atomic E-state index is 1.12. The predicted molar refractivity (Wildman–Crippen MR) is 49.0 cm³/mol. The molecule has 0 unspecified atom stereocenters. The third kappa shape index (κ3) is 2.64. The lowest BCUT2D eigenvalue weighted by Crippen LogP contribution is -2.75. The Bertz CT molecular complexity index is 193. The molecule has 2 heteroatoms. The zero-order valence-corrected chi connectivity index (χ0v) is 7.71.